The standard InChI is InChI=1S/C22H20I2N2O5/c1-11(13-2-5-20(28)26-10-13)15-9-14(3-4-19(15)27)31-21-16(23)6-12(7-17(21)24)8-18(25)22(29)30/h2-7,9-11,18,27H,8,25H2,1H3,(H,26,28)(H,29,30)/t11?,18-/m0/s1. The average molecular weight is 646 g/mol. The summed E-state index contributed by atoms with van der Waals surface area (Å²) in [6.07, 6.45) is 1.86. The molecule has 9 heteroatoms. The molecule has 162 valence electrons. The van der Waals surface area contributed by atoms with Crippen LogP contribution in [0.4, 0.5) is 0 Å². The summed E-state index contributed by atoms with van der Waals surface area (Å²) in [4.78, 5) is 25.0. The van der Waals surface area contributed by atoms with Gasteiger partial charge in [0.2, 0.25) is 5.56 Å². The number of aliphatic carboxylic acids is 1. The lowest BCUT2D eigenvalue weighted by atomic mass is 9.93. The van der Waals surface area contributed by atoms with Crippen molar-refractivity contribution in [3.8, 4) is 17.2 Å². The molecule has 0 spiro atoms. The van der Waals surface area contributed by atoms with Gasteiger partial charge in [-0.05, 0) is 93.1 Å². The topological polar surface area (TPSA) is 126 Å². The van der Waals surface area contributed by atoms with E-state index in [1.165, 1.54) is 6.07 Å². The first-order chi connectivity index (χ1) is 14.7. The van der Waals surface area contributed by atoms with Gasteiger partial charge in [0.25, 0.3) is 0 Å². The van der Waals surface area contributed by atoms with Crippen LogP contribution in [0, 0.1) is 7.14 Å². The third-order valence-electron chi connectivity index (χ3n) is 4.82. The predicted octanol–water partition coefficient (Wildman–Crippen LogP) is 4.19. The van der Waals surface area contributed by atoms with E-state index in [0.29, 0.717) is 17.1 Å². The maximum absolute atomic E-state index is 11.3. The van der Waals surface area contributed by atoms with E-state index in [1.54, 1.807) is 30.5 Å². The van der Waals surface area contributed by atoms with Crippen LogP contribution in [0.1, 0.15) is 29.5 Å². The van der Waals surface area contributed by atoms with Gasteiger partial charge in [0.1, 0.15) is 17.5 Å². The fourth-order valence-electron chi connectivity index (χ4n) is 3.10. The summed E-state index contributed by atoms with van der Waals surface area (Å²) in [5.41, 5.74) is 7.80. The Bertz CT molecular complexity index is 1140. The Labute approximate surface area is 205 Å². The molecule has 0 fully saturated rings. The Morgan fingerprint density at radius 2 is 1.84 bits per heavy atom. The van der Waals surface area contributed by atoms with Crippen LogP contribution in [0.5, 0.6) is 17.2 Å². The molecule has 0 bridgehead atoms. The molecule has 0 amide bonds. The predicted molar refractivity (Wildman–Crippen MR) is 134 cm³/mol. The highest BCUT2D eigenvalue weighted by Gasteiger charge is 2.18. The third-order valence-corrected chi connectivity index (χ3v) is 6.43. The number of phenolic OH excluding ortho intramolecular Hbond substituents is 1. The van der Waals surface area contributed by atoms with E-state index in [1.807, 2.05) is 19.1 Å². The third kappa shape index (κ3) is 5.77. The van der Waals surface area contributed by atoms with Gasteiger partial charge in [0, 0.05) is 23.7 Å². The Kier molecular flexibility index (Phi) is 7.59. The molecule has 0 aliphatic heterocycles. The summed E-state index contributed by atoms with van der Waals surface area (Å²) >= 11 is 4.28. The number of ether oxygens (including phenoxy) is 1. The van der Waals surface area contributed by atoms with Crippen LogP contribution >= 0.6 is 45.2 Å². The highest BCUT2D eigenvalue weighted by Crippen LogP contribution is 2.37. The number of aromatic amines is 1. The molecular weight excluding hydrogens is 626 g/mol. The summed E-state index contributed by atoms with van der Waals surface area (Å²) in [7, 11) is 0. The Hall–Kier alpha value is -2.12. The van der Waals surface area contributed by atoms with Crippen molar-refractivity contribution in [3.63, 3.8) is 0 Å². The van der Waals surface area contributed by atoms with Crippen LogP contribution < -0.4 is 16.0 Å². The summed E-state index contributed by atoms with van der Waals surface area (Å²) in [6, 6.07) is 10.9. The maximum atomic E-state index is 11.3. The number of aromatic nitrogens is 1. The molecule has 0 aliphatic rings. The van der Waals surface area contributed by atoms with E-state index < -0.39 is 12.0 Å². The van der Waals surface area contributed by atoms with Gasteiger partial charge in [-0.3, -0.25) is 9.59 Å². The van der Waals surface area contributed by atoms with Crippen LogP contribution in [0.25, 0.3) is 0 Å². The van der Waals surface area contributed by atoms with Crippen molar-refractivity contribution in [2.45, 2.75) is 25.3 Å². The number of hydrogen-bond acceptors (Lipinski definition) is 5. The van der Waals surface area contributed by atoms with Crippen molar-refractivity contribution in [1.82, 2.24) is 4.98 Å². The molecule has 1 heterocycles. The Balaban J connectivity index is 1.88. The van der Waals surface area contributed by atoms with Gasteiger partial charge in [-0.15, -0.1) is 0 Å². The highest BCUT2D eigenvalue weighted by molar-refractivity contribution is 14.1. The van der Waals surface area contributed by atoms with Gasteiger partial charge in [-0.2, -0.15) is 0 Å². The normalized spacial score (nSPS) is 12.9. The zero-order chi connectivity index (χ0) is 22.7. The quantitative estimate of drug-likeness (QED) is 0.286. The Morgan fingerprint density at radius 1 is 1.16 bits per heavy atom. The van der Waals surface area contributed by atoms with E-state index in [9.17, 15) is 14.7 Å². The van der Waals surface area contributed by atoms with Crippen molar-refractivity contribution in [2.24, 2.45) is 5.73 Å². The molecule has 2 atom stereocenters. The fourth-order valence-corrected chi connectivity index (χ4v) is 5.22. The van der Waals surface area contributed by atoms with Gasteiger partial charge in [-0.25, -0.2) is 0 Å². The molecule has 0 radical (unpaired) electrons. The molecule has 31 heavy (non-hydrogen) atoms. The zero-order valence-corrected chi connectivity index (χ0v) is 20.7. The minimum atomic E-state index is -1.04. The SMILES string of the molecule is CC(c1ccc(=O)[nH]c1)c1cc(Oc2c(I)cc(C[C@H](N)C(=O)O)cc2I)ccc1O. The number of halogens is 2. The van der Waals surface area contributed by atoms with Crippen molar-refractivity contribution in [2.75, 3.05) is 0 Å². The number of nitrogens with one attached hydrogen (secondary N) is 1. The molecule has 0 saturated heterocycles. The van der Waals surface area contributed by atoms with E-state index >= 15 is 0 Å². The number of carboxylic acid groups (broad SMARTS) is 1. The fraction of sp³-hybridized carbons (Fsp3) is 0.182. The van der Waals surface area contributed by atoms with E-state index in [4.69, 9.17) is 15.6 Å². The van der Waals surface area contributed by atoms with Crippen LogP contribution in [0.15, 0.2) is 53.5 Å². The number of carboxylic acids is 1. The number of aromatic hydroxyl groups is 1. The van der Waals surface area contributed by atoms with Crippen molar-refractivity contribution in [1.29, 1.82) is 0 Å². The van der Waals surface area contributed by atoms with Crippen molar-refractivity contribution in [3.05, 3.63) is 82.8 Å². The number of H-pyrrole nitrogens is 1. The van der Waals surface area contributed by atoms with Crippen LogP contribution in [0.2, 0.25) is 0 Å². The second-order valence-corrected chi connectivity index (χ2v) is 9.39. The summed E-state index contributed by atoms with van der Waals surface area (Å²) in [6.45, 7) is 1.93. The number of benzene rings is 2. The minimum absolute atomic E-state index is 0.133. The van der Waals surface area contributed by atoms with Gasteiger partial charge in [0.15, 0.2) is 5.75 Å². The first-order valence-electron chi connectivity index (χ1n) is 9.31. The lowest BCUT2D eigenvalue weighted by molar-refractivity contribution is -0.138. The van der Waals surface area contributed by atoms with E-state index in [-0.39, 0.29) is 23.6 Å². The average Bonchev–Trinajstić information content (AvgIpc) is 2.72. The first-order valence-corrected chi connectivity index (χ1v) is 11.5. The summed E-state index contributed by atoms with van der Waals surface area (Å²) in [5.74, 6) is 0.113. The van der Waals surface area contributed by atoms with Crippen LogP contribution in [0.3, 0.4) is 0 Å². The highest BCUT2D eigenvalue weighted by atomic mass is 127. The number of nitrogens with two attached hydrogens (primary N) is 1. The molecular formula is C22H20I2N2O5. The number of carbonyl (C=O) groups is 1. The maximum Gasteiger partial charge on any atom is 0.320 e. The van der Waals surface area contributed by atoms with Crippen LogP contribution in [-0.4, -0.2) is 27.2 Å². The lowest BCUT2D eigenvalue weighted by Crippen LogP contribution is -2.32. The van der Waals surface area contributed by atoms with E-state index in [0.717, 1.165) is 18.3 Å². The van der Waals surface area contributed by atoms with Gasteiger partial charge >= 0.3 is 5.97 Å². The van der Waals surface area contributed by atoms with Crippen molar-refractivity contribution < 1.29 is 19.7 Å². The number of phenols is 1. The number of rotatable bonds is 7. The lowest BCUT2D eigenvalue weighted by Gasteiger charge is -2.17. The number of pyridine rings is 1. The smallest absolute Gasteiger partial charge is 0.320 e. The summed E-state index contributed by atoms with van der Waals surface area (Å²) < 4.78 is 7.76. The largest absolute Gasteiger partial charge is 0.508 e. The second-order valence-electron chi connectivity index (χ2n) is 7.07. The van der Waals surface area contributed by atoms with Gasteiger partial charge in [-0.1, -0.05) is 13.0 Å². The zero-order valence-electron chi connectivity index (χ0n) is 16.4. The molecule has 0 saturated carbocycles. The van der Waals surface area contributed by atoms with Gasteiger partial charge in [0.05, 0.1) is 7.14 Å². The first kappa shape index (κ1) is 23.5. The number of hydrogen-bond donors (Lipinski definition) is 4. The summed E-state index contributed by atoms with van der Waals surface area (Å²) in [5, 5.41) is 19.4. The molecule has 3 aromatic rings. The second kappa shape index (κ2) is 10.0. The molecule has 0 aliphatic carbocycles. The van der Waals surface area contributed by atoms with Crippen LogP contribution in [-0.2, 0) is 11.2 Å². The molecule has 7 nitrogen and oxygen atoms in total. The Morgan fingerprint density at radius 3 is 2.42 bits per heavy atom. The molecule has 2 aromatic carbocycles. The molecule has 3 rings (SSSR count). The van der Waals surface area contributed by atoms with Crippen molar-refractivity contribution >= 4 is 51.2 Å². The van der Waals surface area contributed by atoms with E-state index in [2.05, 4.69) is 50.2 Å². The molecule has 1 unspecified atom stereocenters. The van der Waals surface area contributed by atoms with Gasteiger partial charge < -0.3 is 25.7 Å². The molecule has 1 aromatic heterocycles. The monoisotopic (exact) mass is 646 g/mol. The molecule has 5 N–H and O–H groups in total. The minimum Gasteiger partial charge on any atom is -0.508 e.